The summed E-state index contributed by atoms with van der Waals surface area (Å²) in [4.78, 5) is 28.1. The number of ether oxygens (including phenoxy) is 1. The van der Waals surface area contributed by atoms with E-state index in [0.29, 0.717) is 5.75 Å². The Hall–Kier alpha value is -3.16. The van der Waals surface area contributed by atoms with Gasteiger partial charge in [-0.3, -0.25) is 9.59 Å². The van der Waals surface area contributed by atoms with Crippen molar-refractivity contribution in [1.29, 1.82) is 0 Å². The summed E-state index contributed by atoms with van der Waals surface area (Å²) in [7, 11) is 0. The van der Waals surface area contributed by atoms with Crippen LogP contribution in [0.1, 0.15) is 37.2 Å². The third kappa shape index (κ3) is 4.52. The zero-order chi connectivity index (χ0) is 19.4. The van der Waals surface area contributed by atoms with Crippen molar-refractivity contribution in [2.24, 2.45) is 5.73 Å². The van der Waals surface area contributed by atoms with Gasteiger partial charge >= 0.3 is 0 Å². The number of nitrogen functional groups attached to an aromatic ring is 1. The number of rotatable bonds is 6. The maximum Gasteiger partial charge on any atom is 0.237 e. The van der Waals surface area contributed by atoms with Crippen molar-refractivity contribution in [1.82, 2.24) is 10.3 Å². The minimum absolute atomic E-state index is 0.0314. The SMILES string of the molecule is NC(=O)C(C(=O)NC1CCCC1)c1ccc(Oc2ccnc(N)c2)c(F)c1. The van der Waals surface area contributed by atoms with E-state index in [1.807, 2.05) is 0 Å². The molecular weight excluding hydrogens is 351 g/mol. The van der Waals surface area contributed by atoms with Gasteiger partial charge in [0.1, 0.15) is 17.5 Å². The Bertz CT molecular complexity index is 853. The molecule has 1 unspecified atom stereocenters. The summed E-state index contributed by atoms with van der Waals surface area (Å²) in [6, 6.07) is 6.90. The van der Waals surface area contributed by atoms with Crippen molar-refractivity contribution in [3.05, 3.63) is 47.9 Å². The summed E-state index contributed by atoms with van der Waals surface area (Å²) in [6.07, 6.45) is 5.24. The van der Waals surface area contributed by atoms with Gasteiger partial charge in [-0.1, -0.05) is 18.9 Å². The number of amides is 2. The molecule has 0 bridgehead atoms. The van der Waals surface area contributed by atoms with Crippen LogP contribution in [0.2, 0.25) is 0 Å². The predicted molar refractivity (Wildman–Crippen MR) is 97.5 cm³/mol. The minimum atomic E-state index is -1.26. The van der Waals surface area contributed by atoms with Crippen LogP contribution >= 0.6 is 0 Å². The Morgan fingerprint density at radius 2 is 1.96 bits per heavy atom. The average molecular weight is 372 g/mol. The third-order valence-corrected chi connectivity index (χ3v) is 4.52. The molecule has 1 atom stereocenters. The van der Waals surface area contributed by atoms with Crippen LogP contribution in [-0.2, 0) is 9.59 Å². The molecule has 1 aromatic heterocycles. The number of hydrogen-bond acceptors (Lipinski definition) is 5. The lowest BCUT2D eigenvalue weighted by atomic mass is 9.96. The van der Waals surface area contributed by atoms with Crippen LogP contribution in [0.15, 0.2) is 36.5 Å². The first-order chi connectivity index (χ1) is 12.9. The molecule has 5 N–H and O–H groups in total. The van der Waals surface area contributed by atoms with Gasteiger partial charge in [-0.15, -0.1) is 0 Å². The molecule has 1 aliphatic rings. The number of pyridine rings is 1. The quantitative estimate of drug-likeness (QED) is 0.672. The van der Waals surface area contributed by atoms with Gasteiger partial charge in [-0.05, 0) is 36.6 Å². The van der Waals surface area contributed by atoms with Crippen LogP contribution < -0.4 is 21.5 Å². The van der Waals surface area contributed by atoms with E-state index >= 15 is 0 Å². The molecule has 1 fully saturated rings. The Balaban J connectivity index is 1.78. The lowest BCUT2D eigenvalue weighted by Gasteiger charge is -2.18. The zero-order valence-corrected chi connectivity index (χ0v) is 14.7. The Kier molecular flexibility index (Phi) is 5.54. The molecule has 0 saturated heterocycles. The molecule has 0 spiro atoms. The molecule has 2 amide bonds. The number of carbonyl (C=O) groups is 2. The van der Waals surface area contributed by atoms with Gasteiger partial charge in [0.25, 0.3) is 0 Å². The highest BCUT2D eigenvalue weighted by atomic mass is 19.1. The Morgan fingerprint density at radius 1 is 1.22 bits per heavy atom. The van der Waals surface area contributed by atoms with Crippen molar-refractivity contribution in [2.75, 3.05) is 5.73 Å². The number of nitrogens with one attached hydrogen (secondary N) is 1. The van der Waals surface area contributed by atoms with Crippen LogP contribution in [0.4, 0.5) is 10.2 Å². The number of primary amides is 1. The minimum Gasteiger partial charge on any atom is -0.454 e. The molecule has 0 aliphatic heterocycles. The highest BCUT2D eigenvalue weighted by molar-refractivity contribution is 6.05. The first kappa shape index (κ1) is 18.6. The number of nitrogens with two attached hydrogens (primary N) is 2. The fraction of sp³-hybridized carbons (Fsp3) is 0.316. The number of aromatic nitrogens is 1. The summed E-state index contributed by atoms with van der Waals surface area (Å²) in [5.74, 6) is -2.83. The van der Waals surface area contributed by atoms with Crippen LogP contribution in [0, 0.1) is 5.82 Å². The number of hydrogen-bond donors (Lipinski definition) is 3. The Labute approximate surface area is 155 Å². The van der Waals surface area contributed by atoms with E-state index in [2.05, 4.69) is 10.3 Å². The highest BCUT2D eigenvalue weighted by Gasteiger charge is 2.29. The fourth-order valence-electron chi connectivity index (χ4n) is 3.20. The van der Waals surface area contributed by atoms with E-state index in [1.54, 1.807) is 0 Å². The van der Waals surface area contributed by atoms with Crippen molar-refractivity contribution >= 4 is 17.6 Å². The number of nitrogens with zero attached hydrogens (tertiary/aromatic N) is 1. The molecule has 27 heavy (non-hydrogen) atoms. The molecule has 0 radical (unpaired) electrons. The standard InChI is InChI=1S/C19H21FN4O3/c20-14-9-11(5-6-15(14)27-13-7-8-23-16(21)10-13)17(18(22)25)19(26)24-12-3-1-2-4-12/h5-10,12,17H,1-4H2,(H2,21,23)(H2,22,25)(H,24,26). The van der Waals surface area contributed by atoms with Crippen LogP contribution in [0.25, 0.3) is 0 Å². The first-order valence-electron chi connectivity index (χ1n) is 8.72. The number of carbonyl (C=O) groups excluding carboxylic acids is 2. The average Bonchev–Trinajstić information content (AvgIpc) is 3.10. The lowest BCUT2D eigenvalue weighted by Crippen LogP contribution is -2.41. The van der Waals surface area contributed by atoms with Gasteiger partial charge in [0.2, 0.25) is 11.8 Å². The molecule has 8 heteroatoms. The number of benzene rings is 1. The third-order valence-electron chi connectivity index (χ3n) is 4.52. The molecule has 1 heterocycles. The van der Waals surface area contributed by atoms with Crippen LogP contribution in [0.5, 0.6) is 11.5 Å². The van der Waals surface area contributed by atoms with E-state index < -0.39 is 23.5 Å². The normalized spacial score (nSPS) is 15.3. The fourth-order valence-corrected chi connectivity index (χ4v) is 3.20. The Morgan fingerprint density at radius 3 is 2.59 bits per heavy atom. The topological polar surface area (TPSA) is 120 Å². The van der Waals surface area contributed by atoms with E-state index in [1.165, 1.54) is 30.5 Å². The van der Waals surface area contributed by atoms with Crippen molar-refractivity contribution < 1.29 is 18.7 Å². The molecule has 1 aromatic carbocycles. The van der Waals surface area contributed by atoms with Crippen LogP contribution in [0.3, 0.4) is 0 Å². The van der Waals surface area contributed by atoms with Gasteiger partial charge in [-0.25, -0.2) is 9.37 Å². The van der Waals surface area contributed by atoms with Crippen LogP contribution in [-0.4, -0.2) is 22.8 Å². The molecule has 142 valence electrons. The maximum atomic E-state index is 14.5. The highest BCUT2D eigenvalue weighted by Crippen LogP contribution is 2.28. The monoisotopic (exact) mass is 372 g/mol. The van der Waals surface area contributed by atoms with Crippen molar-refractivity contribution in [3.8, 4) is 11.5 Å². The maximum absolute atomic E-state index is 14.5. The van der Waals surface area contributed by atoms with Gasteiger partial charge in [0.05, 0.1) is 0 Å². The molecule has 7 nitrogen and oxygen atoms in total. The molecule has 1 aliphatic carbocycles. The summed E-state index contributed by atoms with van der Waals surface area (Å²) < 4.78 is 19.9. The summed E-state index contributed by atoms with van der Waals surface area (Å²) >= 11 is 0. The van der Waals surface area contributed by atoms with Gasteiger partial charge in [0, 0.05) is 18.3 Å². The van der Waals surface area contributed by atoms with Gasteiger partial charge in [-0.2, -0.15) is 0 Å². The van der Waals surface area contributed by atoms with Gasteiger partial charge < -0.3 is 21.5 Å². The largest absolute Gasteiger partial charge is 0.454 e. The predicted octanol–water partition coefficient (Wildman–Crippen LogP) is 2.22. The number of halogens is 1. The second-order valence-electron chi connectivity index (χ2n) is 6.53. The summed E-state index contributed by atoms with van der Waals surface area (Å²) in [5, 5.41) is 2.82. The number of anilines is 1. The van der Waals surface area contributed by atoms with Crippen molar-refractivity contribution in [2.45, 2.75) is 37.6 Å². The zero-order valence-electron chi connectivity index (χ0n) is 14.7. The second kappa shape index (κ2) is 8.03. The first-order valence-corrected chi connectivity index (χ1v) is 8.72. The molecular formula is C19H21FN4O3. The van der Waals surface area contributed by atoms with E-state index in [9.17, 15) is 14.0 Å². The summed E-state index contributed by atoms with van der Waals surface area (Å²) in [6.45, 7) is 0. The van der Waals surface area contributed by atoms with E-state index in [0.717, 1.165) is 31.7 Å². The van der Waals surface area contributed by atoms with E-state index in [-0.39, 0.29) is 23.2 Å². The molecule has 2 aromatic rings. The van der Waals surface area contributed by atoms with E-state index in [4.69, 9.17) is 16.2 Å². The lowest BCUT2D eigenvalue weighted by molar-refractivity contribution is -0.130. The smallest absolute Gasteiger partial charge is 0.237 e. The van der Waals surface area contributed by atoms with Crippen molar-refractivity contribution in [3.63, 3.8) is 0 Å². The summed E-state index contributed by atoms with van der Waals surface area (Å²) in [5.41, 5.74) is 11.1. The molecule has 3 rings (SSSR count). The molecule has 1 saturated carbocycles. The second-order valence-corrected chi connectivity index (χ2v) is 6.53. The van der Waals surface area contributed by atoms with Gasteiger partial charge in [0.15, 0.2) is 11.6 Å².